The van der Waals surface area contributed by atoms with Gasteiger partial charge >= 0.3 is 5.97 Å². The zero-order valence-corrected chi connectivity index (χ0v) is 15.0. The number of hydrogen-bond donors (Lipinski definition) is 2. The molecule has 0 bridgehead atoms. The molecule has 144 valence electrons. The molecule has 27 heavy (non-hydrogen) atoms. The van der Waals surface area contributed by atoms with E-state index in [0.29, 0.717) is 24.4 Å². The van der Waals surface area contributed by atoms with Crippen LogP contribution in [0, 0.1) is 11.7 Å². The third kappa shape index (κ3) is 4.48. The first-order valence-corrected chi connectivity index (χ1v) is 8.90. The molecule has 0 radical (unpaired) electrons. The highest BCUT2D eigenvalue weighted by molar-refractivity contribution is 5.92. The highest BCUT2D eigenvalue weighted by atomic mass is 19.1. The van der Waals surface area contributed by atoms with Gasteiger partial charge in [-0.2, -0.15) is 0 Å². The molecule has 0 saturated heterocycles. The van der Waals surface area contributed by atoms with Gasteiger partial charge in [0.25, 0.3) is 5.91 Å². The van der Waals surface area contributed by atoms with Crippen LogP contribution < -0.4 is 10.1 Å². The Morgan fingerprint density at radius 1 is 1.26 bits per heavy atom. The molecule has 1 aromatic heterocycles. The van der Waals surface area contributed by atoms with Crippen LogP contribution in [0.2, 0.25) is 0 Å². The Labute approximate surface area is 156 Å². The molecule has 1 amide bonds. The van der Waals surface area contributed by atoms with Crippen LogP contribution in [0.25, 0.3) is 0 Å². The SMILES string of the molecule is CC1(NC(=O)c2ccc(COc3ccc(F)cc3)o2)CCCCC1C(=O)O. The normalized spacial score (nSPS) is 22.2. The van der Waals surface area contributed by atoms with E-state index >= 15 is 0 Å². The van der Waals surface area contributed by atoms with E-state index in [9.17, 15) is 19.1 Å². The largest absolute Gasteiger partial charge is 0.486 e. The summed E-state index contributed by atoms with van der Waals surface area (Å²) in [5, 5.41) is 12.3. The smallest absolute Gasteiger partial charge is 0.308 e. The lowest BCUT2D eigenvalue weighted by molar-refractivity contribution is -0.145. The van der Waals surface area contributed by atoms with Crippen molar-refractivity contribution in [3.05, 3.63) is 53.7 Å². The lowest BCUT2D eigenvalue weighted by Gasteiger charge is -2.39. The van der Waals surface area contributed by atoms with Gasteiger partial charge in [0.05, 0.1) is 11.5 Å². The molecule has 1 heterocycles. The van der Waals surface area contributed by atoms with Crippen LogP contribution in [0.3, 0.4) is 0 Å². The van der Waals surface area contributed by atoms with Gasteiger partial charge in [-0.1, -0.05) is 12.8 Å². The van der Waals surface area contributed by atoms with Gasteiger partial charge in [-0.05, 0) is 56.2 Å². The quantitative estimate of drug-likeness (QED) is 0.802. The van der Waals surface area contributed by atoms with Crippen molar-refractivity contribution in [2.75, 3.05) is 0 Å². The zero-order valence-electron chi connectivity index (χ0n) is 15.0. The summed E-state index contributed by atoms with van der Waals surface area (Å²) in [6.45, 7) is 1.86. The highest BCUT2D eigenvalue weighted by Gasteiger charge is 2.42. The first-order chi connectivity index (χ1) is 12.9. The number of ether oxygens (including phenoxy) is 1. The van der Waals surface area contributed by atoms with Crippen molar-refractivity contribution in [2.45, 2.75) is 44.8 Å². The molecule has 2 unspecified atom stereocenters. The lowest BCUT2D eigenvalue weighted by atomic mass is 9.74. The molecule has 7 heteroatoms. The summed E-state index contributed by atoms with van der Waals surface area (Å²) < 4.78 is 23.9. The zero-order chi connectivity index (χ0) is 19.4. The number of hydrogen-bond acceptors (Lipinski definition) is 4. The fraction of sp³-hybridized carbons (Fsp3) is 0.400. The topological polar surface area (TPSA) is 88.8 Å². The Morgan fingerprint density at radius 2 is 2.00 bits per heavy atom. The minimum atomic E-state index is -0.898. The van der Waals surface area contributed by atoms with Crippen LogP contribution in [0.4, 0.5) is 4.39 Å². The van der Waals surface area contributed by atoms with Crippen LogP contribution in [0.5, 0.6) is 5.75 Å². The number of benzene rings is 1. The van der Waals surface area contributed by atoms with E-state index in [1.54, 1.807) is 13.0 Å². The second kappa shape index (κ2) is 7.82. The molecule has 3 rings (SSSR count). The maximum atomic E-state index is 12.9. The molecule has 1 aromatic carbocycles. The van der Waals surface area contributed by atoms with Crippen LogP contribution in [0.1, 0.15) is 48.9 Å². The Hall–Kier alpha value is -2.83. The summed E-state index contributed by atoms with van der Waals surface area (Å²) in [4.78, 5) is 24.0. The number of aliphatic carboxylic acids is 1. The van der Waals surface area contributed by atoms with Gasteiger partial charge in [-0.3, -0.25) is 9.59 Å². The summed E-state index contributed by atoms with van der Waals surface area (Å²) in [6, 6.07) is 8.74. The molecule has 0 spiro atoms. The number of carboxylic acids is 1. The van der Waals surface area contributed by atoms with Crippen LogP contribution >= 0.6 is 0 Å². The predicted octanol–water partition coefficient (Wildman–Crippen LogP) is 3.76. The van der Waals surface area contributed by atoms with Gasteiger partial charge in [0.2, 0.25) is 0 Å². The van der Waals surface area contributed by atoms with Gasteiger partial charge in [0.15, 0.2) is 5.76 Å². The molecule has 1 saturated carbocycles. The number of halogens is 1. The highest BCUT2D eigenvalue weighted by Crippen LogP contribution is 2.34. The van der Waals surface area contributed by atoms with Crippen molar-refractivity contribution in [3.63, 3.8) is 0 Å². The maximum Gasteiger partial charge on any atom is 0.308 e. The van der Waals surface area contributed by atoms with E-state index in [-0.39, 0.29) is 18.2 Å². The molecule has 1 aliphatic rings. The summed E-state index contributed by atoms with van der Waals surface area (Å²) in [5.74, 6) is -1.29. The average molecular weight is 375 g/mol. The van der Waals surface area contributed by atoms with E-state index < -0.39 is 23.3 Å². The van der Waals surface area contributed by atoms with Crippen LogP contribution in [-0.2, 0) is 11.4 Å². The van der Waals surface area contributed by atoms with Crippen molar-refractivity contribution in [1.29, 1.82) is 0 Å². The molecular formula is C20H22FNO5. The molecule has 1 aliphatic carbocycles. The minimum absolute atomic E-state index is 0.0912. The minimum Gasteiger partial charge on any atom is -0.486 e. The van der Waals surface area contributed by atoms with Crippen LogP contribution in [0.15, 0.2) is 40.8 Å². The summed E-state index contributed by atoms with van der Waals surface area (Å²) in [7, 11) is 0. The number of carbonyl (C=O) groups excluding carboxylic acids is 1. The predicted molar refractivity (Wildman–Crippen MR) is 94.9 cm³/mol. The fourth-order valence-electron chi connectivity index (χ4n) is 3.46. The number of furan rings is 1. The summed E-state index contributed by atoms with van der Waals surface area (Å²) >= 11 is 0. The Balaban J connectivity index is 1.62. The average Bonchev–Trinajstić information content (AvgIpc) is 3.10. The van der Waals surface area contributed by atoms with Crippen molar-refractivity contribution in [3.8, 4) is 5.75 Å². The molecular weight excluding hydrogens is 353 g/mol. The second-order valence-electron chi connectivity index (χ2n) is 7.02. The number of rotatable bonds is 6. The number of carbonyl (C=O) groups is 2. The van der Waals surface area contributed by atoms with E-state index in [1.807, 2.05) is 0 Å². The Bertz CT molecular complexity index is 816. The number of amides is 1. The van der Waals surface area contributed by atoms with Gasteiger partial charge in [-0.15, -0.1) is 0 Å². The molecule has 1 fully saturated rings. The lowest BCUT2D eigenvalue weighted by Crippen LogP contribution is -2.55. The first kappa shape index (κ1) is 18.9. The van der Waals surface area contributed by atoms with Crippen molar-refractivity contribution in [2.24, 2.45) is 5.92 Å². The van der Waals surface area contributed by atoms with E-state index in [0.717, 1.165) is 12.8 Å². The molecule has 0 aliphatic heterocycles. The maximum absolute atomic E-state index is 12.9. The van der Waals surface area contributed by atoms with Gasteiger partial charge in [0.1, 0.15) is 23.9 Å². The van der Waals surface area contributed by atoms with Gasteiger partial charge < -0.3 is 19.6 Å². The first-order valence-electron chi connectivity index (χ1n) is 8.90. The fourth-order valence-corrected chi connectivity index (χ4v) is 3.46. The van der Waals surface area contributed by atoms with E-state index in [2.05, 4.69) is 5.32 Å². The monoisotopic (exact) mass is 375 g/mol. The third-order valence-corrected chi connectivity index (χ3v) is 4.99. The van der Waals surface area contributed by atoms with E-state index in [4.69, 9.17) is 9.15 Å². The number of nitrogens with one attached hydrogen (secondary N) is 1. The van der Waals surface area contributed by atoms with Gasteiger partial charge in [0, 0.05) is 0 Å². The summed E-state index contributed by atoms with van der Waals surface area (Å²) in [6.07, 6.45) is 2.86. The summed E-state index contributed by atoms with van der Waals surface area (Å²) in [5.41, 5.74) is -0.807. The molecule has 2 atom stereocenters. The molecule has 6 nitrogen and oxygen atoms in total. The van der Waals surface area contributed by atoms with Crippen molar-refractivity contribution in [1.82, 2.24) is 5.32 Å². The Morgan fingerprint density at radius 3 is 2.70 bits per heavy atom. The van der Waals surface area contributed by atoms with Gasteiger partial charge in [-0.25, -0.2) is 4.39 Å². The van der Waals surface area contributed by atoms with E-state index in [1.165, 1.54) is 30.3 Å². The van der Waals surface area contributed by atoms with Crippen molar-refractivity contribution < 1.29 is 28.2 Å². The number of carboxylic acid groups (broad SMARTS) is 1. The molecule has 2 N–H and O–H groups in total. The second-order valence-corrected chi connectivity index (χ2v) is 7.02. The molecule has 2 aromatic rings. The third-order valence-electron chi connectivity index (χ3n) is 4.99. The Kier molecular flexibility index (Phi) is 5.48. The van der Waals surface area contributed by atoms with Crippen LogP contribution in [-0.4, -0.2) is 22.5 Å². The van der Waals surface area contributed by atoms with Crippen molar-refractivity contribution >= 4 is 11.9 Å². The standard InChI is InChI=1S/C20H22FNO5/c1-20(11-3-2-4-16(20)19(24)25)22-18(23)17-10-9-15(27-17)12-26-14-7-5-13(21)6-8-14/h5-10,16H,2-4,11-12H2,1H3,(H,22,23)(H,24,25).